The molecule has 0 bridgehead atoms. The Bertz CT molecular complexity index is 1240. The summed E-state index contributed by atoms with van der Waals surface area (Å²) in [5.74, 6) is -1.10. The molecule has 0 radical (unpaired) electrons. The highest BCUT2D eigenvalue weighted by atomic mass is 35.5. The van der Waals surface area contributed by atoms with Crippen LogP contribution in [0.5, 0.6) is 5.75 Å². The van der Waals surface area contributed by atoms with Gasteiger partial charge in [-0.3, -0.25) is 19.7 Å². The number of carbonyl (C=O) groups is 2. The van der Waals surface area contributed by atoms with E-state index in [4.69, 9.17) is 20.8 Å². The number of non-ortho nitro benzene ring substituents is 1. The second kappa shape index (κ2) is 10.3. The third-order valence-corrected chi connectivity index (χ3v) is 6.07. The fraction of sp³-hybridized carbons (Fsp3) is 0.167. The van der Waals surface area contributed by atoms with Gasteiger partial charge in [-0.15, -0.1) is 10.2 Å². The van der Waals surface area contributed by atoms with E-state index < -0.39 is 22.1 Å². The molecule has 1 N–H and O–H groups in total. The fourth-order valence-electron chi connectivity index (χ4n) is 2.19. The number of aromatic nitrogens is 2. The van der Waals surface area contributed by atoms with Crippen LogP contribution < -0.4 is 15.5 Å². The van der Waals surface area contributed by atoms with E-state index in [1.54, 1.807) is 6.92 Å². The molecule has 0 saturated carbocycles. The Labute approximate surface area is 192 Å². The van der Waals surface area contributed by atoms with Crippen LogP contribution in [0.25, 0.3) is 0 Å². The number of amides is 1. The summed E-state index contributed by atoms with van der Waals surface area (Å²) in [4.78, 5) is 46.1. The van der Waals surface area contributed by atoms with Crippen LogP contribution in [0.2, 0.25) is 5.02 Å². The van der Waals surface area contributed by atoms with Crippen LogP contribution in [0.3, 0.4) is 0 Å². The Kier molecular flexibility index (Phi) is 7.56. The van der Waals surface area contributed by atoms with Crippen molar-refractivity contribution in [2.75, 3.05) is 5.32 Å². The highest BCUT2D eigenvalue weighted by Gasteiger charge is 2.19. The van der Waals surface area contributed by atoms with Gasteiger partial charge in [0.1, 0.15) is 12.0 Å². The lowest BCUT2D eigenvalue weighted by atomic mass is 10.2. The van der Waals surface area contributed by atoms with Crippen LogP contribution in [-0.4, -0.2) is 27.0 Å². The number of nitrogens with zero attached hydrogens (tertiary/aromatic N) is 3. The molecule has 0 spiro atoms. The number of nitro benzene ring substituents is 1. The van der Waals surface area contributed by atoms with E-state index in [0.717, 1.165) is 24.5 Å². The summed E-state index contributed by atoms with van der Waals surface area (Å²) in [7, 11) is 0. The van der Waals surface area contributed by atoms with Gasteiger partial charge in [0.05, 0.1) is 21.3 Å². The molecule has 0 aliphatic rings. The maximum Gasteiger partial charge on any atom is 0.345 e. The van der Waals surface area contributed by atoms with Crippen molar-refractivity contribution in [2.24, 2.45) is 0 Å². The Morgan fingerprint density at radius 2 is 2.12 bits per heavy atom. The van der Waals surface area contributed by atoms with Crippen LogP contribution in [0.1, 0.15) is 29.5 Å². The first kappa shape index (κ1) is 23.4. The Morgan fingerprint density at radius 3 is 2.81 bits per heavy atom. The number of esters is 1. The van der Waals surface area contributed by atoms with Crippen molar-refractivity contribution >= 4 is 57.4 Å². The minimum atomic E-state index is -1.04. The molecule has 32 heavy (non-hydrogen) atoms. The van der Waals surface area contributed by atoms with E-state index in [1.165, 1.54) is 29.2 Å². The summed E-state index contributed by atoms with van der Waals surface area (Å²) in [5, 5.41) is 21.5. The first-order chi connectivity index (χ1) is 15.3. The molecule has 0 saturated heterocycles. The molecule has 2 heterocycles. The molecule has 166 valence electrons. The molecule has 1 amide bonds. The highest BCUT2D eigenvalue weighted by Crippen LogP contribution is 2.28. The molecular formula is C18H13ClN4O7S2. The zero-order chi connectivity index (χ0) is 23.3. The summed E-state index contributed by atoms with van der Waals surface area (Å²) in [6.07, 6.45) is 1.28. The number of nitrogens with one attached hydrogen (secondary N) is 1. The quantitative estimate of drug-likeness (QED) is 0.159. The second-order valence-corrected chi connectivity index (χ2v) is 8.56. The number of ether oxygens (including phenoxy) is 1. The lowest BCUT2D eigenvalue weighted by Crippen LogP contribution is -2.15. The zero-order valence-electron chi connectivity index (χ0n) is 16.2. The van der Waals surface area contributed by atoms with Crippen molar-refractivity contribution in [3.05, 3.63) is 67.2 Å². The molecule has 11 nitrogen and oxygen atoms in total. The van der Waals surface area contributed by atoms with Crippen molar-refractivity contribution in [2.45, 2.75) is 23.4 Å². The highest BCUT2D eigenvalue weighted by molar-refractivity contribution is 8.00. The molecular weight excluding hydrogens is 484 g/mol. The molecule has 3 rings (SSSR count). The predicted molar refractivity (Wildman–Crippen MR) is 116 cm³/mol. The minimum Gasteiger partial charge on any atom is -0.464 e. The van der Waals surface area contributed by atoms with Gasteiger partial charge in [0, 0.05) is 24.6 Å². The van der Waals surface area contributed by atoms with E-state index in [2.05, 4.69) is 15.5 Å². The largest absolute Gasteiger partial charge is 0.464 e. The first-order valence-electron chi connectivity index (χ1n) is 8.80. The number of nitro groups is 1. The van der Waals surface area contributed by atoms with Crippen molar-refractivity contribution in [3.63, 3.8) is 0 Å². The van der Waals surface area contributed by atoms with E-state index in [1.807, 2.05) is 0 Å². The van der Waals surface area contributed by atoms with Crippen LogP contribution in [0.15, 0.2) is 44.1 Å². The van der Waals surface area contributed by atoms with Crippen LogP contribution >= 0.6 is 34.7 Å². The second-order valence-electron chi connectivity index (χ2n) is 5.95. The Balaban J connectivity index is 1.65. The molecule has 0 aliphatic carbocycles. The van der Waals surface area contributed by atoms with Gasteiger partial charge in [0.2, 0.25) is 22.2 Å². The summed E-state index contributed by atoms with van der Waals surface area (Å²) in [6, 6.07) is 4.42. The number of anilines is 1. The standard InChI is InChI=1S/C18H13ClN4O7S2/c1-2-15(25)20-17-21-22-18(32-17)31-8-10-6-13(24)14(7-29-10)30-16(26)11-5-9(23(27)28)3-4-12(11)19/h3-7H,2,8H2,1H3,(H,20,21,25). The van der Waals surface area contributed by atoms with Crippen molar-refractivity contribution in [1.29, 1.82) is 0 Å². The first-order valence-corrected chi connectivity index (χ1v) is 11.0. The summed E-state index contributed by atoms with van der Waals surface area (Å²) in [6.45, 7) is 1.72. The molecule has 0 unspecified atom stereocenters. The van der Waals surface area contributed by atoms with Crippen molar-refractivity contribution in [1.82, 2.24) is 10.2 Å². The fourth-order valence-corrected chi connectivity index (χ4v) is 4.04. The summed E-state index contributed by atoms with van der Waals surface area (Å²) < 4.78 is 10.9. The molecule has 2 aromatic heterocycles. The zero-order valence-corrected chi connectivity index (χ0v) is 18.6. The monoisotopic (exact) mass is 496 g/mol. The minimum absolute atomic E-state index is 0.0652. The molecule has 14 heteroatoms. The predicted octanol–water partition coefficient (Wildman–Crippen LogP) is 3.91. The number of benzene rings is 1. The van der Waals surface area contributed by atoms with Gasteiger partial charge in [-0.25, -0.2) is 4.79 Å². The van der Waals surface area contributed by atoms with Gasteiger partial charge in [-0.2, -0.15) is 0 Å². The van der Waals surface area contributed by atoms with Gasteiger partial charge in [-0.1, -0.05) is 41.6 Å². The average Bonchev–Trinajstić information content (AvgIpc) is 3.21. The van der Waals surface area contributed by atoms with Gasteiger partial charge in [-0.05, 0) is 6.07 Å². The van der Waals surface area contributed by atoms with Crippen LogP contribution in [0.4, 0.5) is 10.8 Å². The maximum absolute atomic E-state index is 12.3. The number of thioether (sulfide) groups is 1. The molecule has 1 aromatic carbocycles. The molecule has 0 atom stereocenters. The van der Waals surface area contributed by atoms with Gasteiger partial charge >= 0.3 is 5.97 Å². The lowest BCUT2D eigenvalue weighted by Gasteiger charge is -2.05. The van der Waals surface area contributed by atoms with Crippen LogP contribution in [-0.2, 0) is 10.5 Å². The number of halogens is 1. The van der Waals surface area contributed by atoms with Crippen LogP contribution in [0, 0.1) is 10.1 Å². The Morgan fingerprint density at radius 1 is 1.34 bits per heavy atom. The van der Waals surface area contributed by atoms with E-state index in [-0.39, 0.29) is 33.7 Å². The maximum atomic E-state index is 12.3. The smallest absolute Gasteiger partial charge is 0.345 e. The average molecular weight is 497 g/mol. The van der Waals surface area contributed by atoms with E-state index in [9.17, 15) is 24.5 Å². The SMILES string of the molecule is CCC(=O)Nc1nnc(SCc2cc(=O)c(OC(=O)c3cc([N+](=O)[O-])ccc3Cl)co2)s1. The van der Waals surface area contributed by atoms with Crippen molar-refractivity contribution in [3.8, 4) is 5.75 Å². The summed E-state index contributed by atoms with van der Waals surface area (Å²) >= 11 is 8.31. The van der Waals surface area contributed by atoms with Gasteiger partial charge in [0.25, 0.3) is 5.69 Å². The molecule has 3 aromatic rings. The number of rotatable bonds is 8. The number of carbonyl (C=O) groups excluding carboxylic acids is 2. The Hall–Kier alpha value is -3.29. The topological polar surface area (TPSA) is 155 Å². The van der Waals surface area contributed by atoms with Gasteiger partial charge < -0.3 is 14.5 Å². The third-order valence-electron chi connectivity index (χ3n) is 3.75. The lowest BCUT2D eigenvalue weighted by molar-refractivity contribution is -0.384. The number of hydrogen-bond donors (Lipinski definition) is 1. The molecule has 0 fully saturated rings. The molecule has 0 aliphatic heterocycles. The van der Waals surface area contributed by atoms with Gasteiger partial charge in [0.15, 0.2) is 4.34 Å². The van der Waals surface area contributed by atoms with Crippen molar-refractivity contribution < 1.29 is 23.7 Å². The third kappa shape index (κ3) is 5.90. The summed E-state index contributed by atoms with van der Waals surface area (Å²) in [5.41, 5.74) is -1.24. The van der Waals surface area contributed by atoms with E-state index >= 15 is 0 Å². The number of hydrogen-bond acceptors (Lipinski definition) is 11. The normalized spacial score (nSPS) is 10.6. The van der Waals surface area contributed by atoms with E-state index in [0.29, 0.717) is 15.9 Å².